The molecule has 0 bridgehead atoms. The molecule has 10 heteroatoms. The number of halogens is 1. The lowest BCUT2D eigenvalue weighted by atomic mass is 9.85. The van der Waals surface area contributed by atoms with Crippen LogP contribution < -0.4 is 10.2 Å². The lowest BCUT2D eigenvalue weighted by molar-refractivity contribution is -0.135. The van der Waals surface area contributed by atoms with Gasteiger partial charge in [0.25, 0.3) is 0 Å². The third-order valence-corrected chi connectivity index (χ3v) is 5.98. The van der Waals surface area contributed by atoms with Crippen molar-refractivity contribution < 1.29 is 39.5 Å². The number of ether oxygens (including phenoxy) is 1. The van der Waals surface area contributed by atoms with Gasteiger partial charge in [-0.15, -0.1) is 0 Å². The van der Waals surface area contributed by atoms with Crippen molar-refractivity contribution >= 4 is 28.5 Å². The highest BCUT2D eigenvalue weighted by Gasteiger charge is 2.34. The van der Waals surface area contributed by atoms with E-state index in [0.717, 1.165) is 18.2 Å². The molecule has 5 N–H and O–H groups in total. The van der Waals surface area contributed by atoms with Crippen LogP contribution in [0.4, 0.5) is 0 Å². The summed E-state index contributed by atoms with van der Waals surface area (Å²) >= 11 is 6.06. The lowest BCUT2D eigenvalue weighted by Gasteiger charge is -2.26. The first kappa shape index (κ1) is 21.5. The fourth-order valence-corrected chi connectivity index (χ4v) is 4.26. The molecule has 34 heavy (non-hydrogen) atoms. The Balaban J connectivity index is 1.85. The minimum atomic E-state index is -0.955. The van der Waals surface area contributed by atoms with Crippen molar-refractivity contribution in [2.24, 2.45) is 0 Å². The summed E-state index contributed by atoms with van der Waals surface area (Å²) in [6.45, 7) is 0. The third-order valence-electron chi connectivity index (χ3n) is 5.68. The van der Waals surface area contributed by atoms with Gasteiger partial charge in [-0.25, -0.2) is 0 Å². The Bertz CT molecular complexity index is 1570. The first-order chi connectivity index (χ1) is 16.2. The van der Waals surface area contributed by atoms with Crippen molar-refractivity contribution in [2.75, 3.05) is 0 Å². The highest BCUT2D eigenvalue weighted by molar-refractivity contribution is 6.32. The maximum atomic E-state index is 13.0. The predicted molar refractivity (Wildman–Crippen MR) is 120 cm³/mol. The molecule has 0 aliphatic carbocycles. The van der Waals surface area contributed by atoms with E-state index in [0.29, 0.717) is 5.56 Å². The van der Waals surface area contributed by atoms with E-state index >= 15 is 0 Å². The van der Waals surface area contributed by atoms with Gasteiger partial charge in [0.05, 0.1) is 11.4 Å². The van der Waals surface area contributed by atoms with Crippen molar-refractivity contribution in [2.45, 2.75) is 12.3 Å². The molecule has 1 atom stereocenters. The second-order valence-electron chi connectivity index (χ2n) is 7.77. The zero-order valence-electron chi connectivity index (χ0n) is 17.1. The second-order valence-corrected chi connectivity index (χ2v) is 8.17. The normalized spacial score (nSPS) is 15.2. The van der Waals surface area contributed by atoms with Gasteiger partial charge in [-0.2, -0.15) is 0 Å². The second kappa shape index (κ2) is 7.60. The number of hydrogen-bond donors (Lipinski definition) is 5. The number of phenolic OH excluding ortho intramolecular Hbond substituents is 4. The molecule has 0 radical (unpaired) electrons. The van der Waals surface area contributed by atoms with Gasteiger partial charge in [-0.3, -0.25) is 9.59 Å². The van der Waals surface area contributed by atoms with Crippen molar-refractivity contribution in [3.8, 4) is 45.8 Å². The van der Waals surface area contributed by atoms with Crippen LogP contribution in [0.25, 0.3) is 22.3 Å². The number of rotatable bonds is 2. The average Bonchev–Trinajstić information content (AvgIpc) is 2.78. The van der Waals surface area contributed by atoms with E-state index in [1.165, 1.54) is 18.2 Å². The SMILES string of the molecule is O=C1C[C@H](c2ccc(O)c(Cl)c2)c2c(cc(O)c3c(=O)c(O)c(-c4ccc(O)c(O)c4)oc23)O1. The number of phenols is 4. The van der Waals surface area contributed by atoms with Crippen molar-refractivity contribution in [1.82, 2.24) is 0 Å². The predicted octanol–water partition coefficient (Wildman–Crippen LogP) is 4.08. The highest BCUT2D eigenvalue weighted by atomic mass is 35.5. The molecular formula is C24H15ClO9. The summed E-state index contributed by atoms with van der Waals surface area (Å²) in [4.78, 5) is 25.4. The van der Waals surface area contributed by atoms with E-state index in [-0.39, 0.29) is 50.8 Å². The molecule has 0 unspecified atom stereocenters. The minimum absolute atomic E-state index is 0.0421. The molecule has 3 aromatic carbocycles. The summed E-state index contributed by atoms with van der Waals surface area (Å²) in [6, 6.07) is 9.00. The standard InChI is InChI=1S/C24H15ClO9/c25-12-5-9(1-3-13(12)26)11-7-18(30)33-17-8-16(29)20-21(31)22(32)23(34-24(20)19(11)17)10-2-4-14(27)15(28)6-10/h1-6,8,11,26-29,32H,7H2/t11-/m1/s1. The Morgan fingerprint density at radius 2 is 1.59 bits per heavy atom. The zero-order valence-corrected chi connectivity index (χ0v) is 17.8. The van der Waals surface area contributed by atoms with Crippen LogP contribution in [0.3, 0.4) is 0 Å². The average molecular weight is 483 g/mol. The minimum Gasteiger partial charge on any atom is -0.507 e. The fraction of sp³-hybridized carbons (Fsp3) is 0.0833. The number of carbonyl (C=O) groups is 1. The van der Waals surface area contributed by atoms with Gasteiger partial charge in [0, 0.05) is 23.1 Å². The van der Waals surface area contributed by atoms with Gasteiger partial charge in [-0.1, -0.05) is 17.7 Å². The van der Waals surface area contributed by atoms with Crippen LogP contribution in [0.15, 0.2) is 51.7 Å². The fourth-order valence-electron chi connectivity index (χ4n) is 4.07. The highest BCUT2D eigenvalue weighted by Crippen LogP contribution is 2.48. The summed E-state index contributed by atoms with van der Waals surface area (Å²) in [5.41, 5.74) is -0.283. The van der Waals surface area contributed by atoms with Crippen LogP contribution in [0.5, 0.6) is 34.5 Å². The lowest BCUT2D eigenvalue weighted by Crippen LogP contribution is -2.22. The van der Waals surface area contributed by atoms with E-state index in [1.807, 2.05) is 0 Å². The molecule has 4 aromatic rings. The zero-order chi connectivity index (χ0) is 24.3. The van der Waals surface area contributed by atoms with Crippen molar-refractivity contribution in [3.63, 3.8) is 0 Å². The Labute approximate surface area is 195 Å². The first-order valence-corrected chi connectivity index (χ1v) is 10.3. The van der Waals surface area contributed by atoms with Crippen LogP contribution >= 0.6 is 11.6 Å². The molecule has 0 spiro atoms. The summed E-state index contributed by atoms with van der Waals surface area (Å²) in [7, 11) is 0. The van der Waals surface area contributed by atoms with Gasteiger partial charge in [0.15, 0.2) is 17.3 Å². The summed E-state index contributed by atoms with van der Waals surface area (Å²) < 4.78 is 11.2. The quantitative estimate of drug-likeness (QED) is 0.161. The summed E-state index contributed by atoms with van der Waals surface area (Å²) in [5.74, 6) is -4.22. The number of fused-ring (bicyclic) bond motifs is 3. The van der Waals surface area contributed by atoms with Crippen LogP contribution in [-0.4, -0.2) is 31.5 Å². The Morgan fingerprint density at radius 1 is 0.853 bits per heavy atom. The van der Waals surface area contributed by atoms with Gasteiger partial charge in [0.2, 0.25) is 11.2 Å². The van der Waals surface area contributed by atoms with Crippen molar-refractivity contribution in [1.29, 1.82) is 0 Å². The third kappa shape index (κ3) is 3.25. The van der Waals surface area contributed by atoms with E-state index in [4.69, 9.17) is 20.8 Å². The van der Waals surface area contributed by atoms with E-state index in [1.54, 1.807) is 6.07 Å². The molecule has 5 rings (SSSR count). The van der Waals surface area contributed by atoms with Gasteiger partial charge >= 0.3 is 5.97 Å². The molecular weight excluding hydrogens is 468 g/mol. The molecule has 172 valence electrons. The topological polar surface area (TPSA) is 158 Å². The molecule has 1 aliphatic rings. The first-order valence-electron chi connectivity index (χ1n) is 9.92. The molecule has 0 saturated heterocycles. The Hall–Kier alpha value is -4.37. The van der Waals surface area contributed by atoms with E-state index < -0.39 is 40.3 Å². The van der Waals surface area contributed by atoms with Crippen LogP contribution in [0, 0.1) is 0 Å². The Morgan fingerprint density at radius 3 is 2.29 bits per heavy atom. The Kier molecular flexibility index (Phi) is 4.80. The maximum absolute atomic E-state index is 13.0. The summed E-state index contributed by atoms with van der Waals surface area (Å²) in [5, 5.41) is 50.0. The smallest absolute Gasteiger partial charge is 0.312 e. The van der Waals surface area contributed by atoms with Crippen LogP contribution in [0.1, 0.15) is 23.5 Å². The number of aromatic hydroxyl groups is 5. The molecule has 0 fully saturated rings. The molecule has 0 saturated carbocycles. The molecule has 2 heterocycles. The number of esters is 1. The van der Waals surface area contributed by atoms with Crippen LogP contribution in [-0.2, 0) is 4.79 Å². The van der Waals surface area contributed by atoms with E-state index in [9.17, 15) is 35.1 Å². The monoisotopic (exact) mass is 482 g/mol. The molecule has 0 amide bonds. The number of carbonyl (C=O) groups excluding carboxylic acids is 1. The molecule has 1 aliphatic heterocycles. The number of benzene rings is 3. The maximum Gasteiger partial charge on any atom is 0.312 e. The van der Waals surface area contributed by atoms with Gasteiger partial charge in [-0.05, 0) is 35.9 Å². The molecule has 1 aromatic heterocycles. The van der Waals surface area contributed by atoms with Gasteiger partial charge in [0.1, 0.15) is 28.2 Å². The van der Waals surface area contributed by atoms with Crippen LogP contribution in [0.2, 0.25) is 5.02 Å². The number of hydrogen-bond acceptors (Lipinski definition) is 9. The van der Waals surface area contributed by atoms with E-state index in [2.05, 4.69) is 0 Å². The largest absolute Gasteiger partial charge is 0.507 e. The molecule has 9 nitrogen and oxygen atoms in total. The van der Waals surface area contributed by atoms with Crippen molar-refractivity contribution in [3.05, 3.63) is 68.8 Å². The summed E-state index contributed by atoms with van der Waals surface area (Å²) in [6.07, 6.45) is -0.159. The van der Waals surface area contributed by atoms with Gasteiger partial charge < -0.3 is 34.7 Å².